The highest BCUT2D eigenvalue weighted by Crippen LogP contribution is 2.29. The molecule has 0 aliphatic carbocycles. The predicted octanol–water partition coefficient (Wildman–Crippen LogP) is 4.97. The molecule has 0 unspecified atom stereocenters. The van der Waals surface area contributed by atoms with Gasteiger partial charge in [0.15, 0.2) is 11.5 Å². The van der Waals surface area contributed by atoms with Gasteiger partial charge in [-0.2, -0.15) is 13.2 Å². The fourth-order valence-electron chi connectivity index (χ4n) is 2.69. The van der Waals surface area contributed by atoms with Crippen LogP contribution in [0.5, 0.6) is 5.75 Å². The number of halogens is 3. The SMILES string of the molecule is CSc1ccccc1OCc1cc(C(=O)NCCc2cccc(C(F)(F)F)c2)no1. The Balaban J connectivity index is 1.50. The van der Waals surface area contributed by atoms with Crippen LogP contribution >= 0.6 is 11.8 Å². The summed E-state index contributed by atoms with van der Waals surface area (Å²) in [5, 5.41) is 6.35. The number of carbonyl (C=O) groups is 1. The first-order valence-electron chi connectivity index (χ1n) is 9.02. The van der Waals surface area contributed by atoms with Crippen LogP contribution in [0, 0.1) is 0 Å². The highest BCUT2D eigenvalue weighted by Gasteiger charge is 2.30. The minimum absolute atomic E-state index is 0.0794. The van der Waals surface area contributed by atoms with E-state index >= 15 is 0 Å². The number of nitrogens with zero attached hydrogens (tertiary/aromatic N) is 1. The zero-order valence-corrected chi connectivity index (χ0v) is 16.8. The molecule has 0 radical (unpaired) electrons. The Bertz CT molecular complexity index is 1000. The van der Waals surface area contributed by atoms with E-state index in [4.69, 9.17) is 9.26 Å². The lowest BCUT2D eigenvalue weighted by molar-refractivity contribution is -0.137. The topological polar surface area (TPSA) is 64.4 Å². The number of benzene rings is 2. The average molecular weight is 436 g/mol. The lowest BCUT2D eigenvalue weighted by Gasteiger charge is -2.09. The van der Waals surface area contributed by atoms with Crippen molar-refractivity contribution in [2.45, 2.75) is 24.1 Å². The number of ether oxygens (including phenoxy) is 1. The number of para-hydroxylation sites is 1. The van der Waals surface area contributed by atoms with Crippen LogP contribution in [0.15, 0.2) is 64.0 Å². The summed E-state index contributed by atoms with van der Waals surface area (Å²) in [5.74, 6) is 0.615. The van der Waals surface area contributed by atoms with E-state index in [9.17, 15) is 18.0 Å². The molecule has 1 N–H and O–H groups in total. The van der Waals surface area contributed by atoms with Gasteiger partial charge in [-0.05, 0) is 36.4 Å². The molecule has 3 rings (SSSR count). The molecule has 0 saturated heterocycles. The molecule has 1 aromatic heterocycles. The average Bonchev–Trinajstić information content (AvgIpc) is 3.21. The maximum absolute atomic E-state index is 12.8. The van der Waals surface area contributed by atoms with Gasteiger partial charge in [0.05, 0.1) is 5.56 Å². The number of hydrogen-bond donors (Lipinski definition) is 1. The highest BCUT2D eigenvalue weighted by atomic mass is 32.2. The third-order valence-electron chi connectivity index (χ3n) is 4.18. The Morgan fingerprint density at radius 1 is 1.17 bits per heavy atom. The molecule has 0 spiro atoms. The third kappa shape index (κ3) is 5.79. The van der Waals surface area contributed by atoms with Crippen molar-refractivity contribution in [2.24, 2.45) is 0 Å². The molecule has 30 heavy (non-hydrogen) atoms. The van der Waals surface area contributed by atoms with Gasteiger partial charge in [0.2, 0.25) is 0 Å². The minimum atomic E-state index is -4.39. The van der Waals surface area contributed by atoms with Crippen molar-refractivity contribution >= 4 is 17.7 Å². The molecule has 9 heteroatoms. The van der Waals surface area contributed by atoms with Gasteiger partial charge >= 0.3 is 6.18 Å². The van der Waals surface area contributed by atoms with E-state index in [0.717, 1.165) is 17.0 Å². The Kier molecular flexibility index (Phi) is 7.04. The summed E-state index contributed by atoms with van der Waals surface area (Å²) < 4.78 is 49.1. The van der Waals surface area contributed by atoms with Gasteiger partial charge in [0, 0.05) is 17.5 Å². The summed E-state index contributed by atoms with van der Waals surface area (Å²) >= 11 is 1.55. The van der Waals surface area contributed by atoms with Gasteiger partial charge in [0.25, 0.3) is 5.91 Å². The van der Waals surface area contributed by atoms with Crippen LogP contribution in [0.1, 0.15) is 27.4 Å². The van der Waals surface area contributed by atoms with Crippen LogP contribution in [0.4, 0.5) is 13.2 Å². The number of rotatable bonds is 8. The minimum Gasteiger partial charge on any atom is -0.484 e. The zero-order chi connectivity index (χ0) is 21.6. The van der Waals surface area contributed by atoms with Gasteiger partial charge in [-0.15, -0.1) is 11.8 Å². The lowest BCUT2D eigenvalue weighted by Crippen LogP contribution is -2.26. The van der Waals surface area contributed by atoms with E-state index < -0.39 is 17.6 Å². The number of thioether (sulfide) groups is 1. The molecule has 0 fully saturated rings. The smallest absolute Gasteiger partial charge is 0.416 e. The Morgan fingerprint density at radius 2 is 1.97 bits per heavy atom. The van der Waals surface area contributed by atoms with Crippen LogP contribution in [0.25, 0.3) is 0 Å². The summed E-state index contributed by atoms with van der Waals surface area (Å²) in [6, 6.07) is 14.0. The van der Waals surface area contributed by atoms with E-state index in [-0.39, 0.29) is 25.3 Å². The van der Waals surface area contributed by atoms with E-state index in [1.807, 2.05) is 30.5 Å². The second kappa shape index (κ2) is 9.71. The van der Waals surface area contributed by atoms with E-state index in [0.29, 0.717) is 17.1 Å². The first-order valence-corrected chi connectivity index (χ1v) is 10.2. The van der Waals surface area contributed by atoms with Crippen molar-refractivity contribution in [3.05, 3.63) is 77.2 Å². The number of hydrogen-bond acceptors (Lipinski definition) is 5. The summed E-state index contributed by atoms with van der Waals surface area (Å²) in [6.07, 6.45) is -2.19. The van der Waals surface area contributed by atoms with Gasteiger partial charge in [-0.3, -0.25) is 4.79 Å². The molecule has 0 aliphatic heterocycles. The molecule has 1 heterocycles. The Hall–Kier alpha value is -2.94. The summed E-state index contributed by atoms with van der Waals surface area (Å²) in [5.41, 5.74) is -0.155. The number of carbonyl (C=O) groups excluding carboxylic acids is 1. The summed E-state index contributed by atoms with van der Waals surface area (Å²) in [6.45, 7) is 0.280. The molecule has 2 aromatic carbocycles. The zero-order valence-electron chi connectivity index (χ0n) is 16.0. The van der Waals surface area contributed by atoms with Crippen LogP contribution < -0.4 is 10.1 Å². The molecule has 5 nitrogen and oxygen atoms in total. The van der Waals surface area contributed by atoms with Crippen LogP contribution in [0.2, 0.25) is 0 Å². The number of nitrogens with one attached hydrogen (secondary N) is 1. The normalized spacial score (nSPS) is 11.3. The van der Waals surface area contributed by atoms with Crippen molar-refractivity contribution < 1.29 is 27.2 Å². The third-order valence-corrected chi connectivity index (χ3v) is 4.96. The summed E-state index contributed by atoms with van der Waals surface area (Å²) in [7, 11) is 0. The molecule has 1 amide bonds. The molecular weight excluding hydrogens is 417 g/mol. The monoisotopic (exact) mass is 436 g/mol. The van der Waals surface area contributed by atoms with Gasteiger partial charge in [0.1, 0.15) is 12.4 Å². The first-order chi connectivity index (χ1) is 14.4. The van der Waals surface area contributed by atoms with Crippen molar-refractivity contribution in [3.8, 4) is 5.75 Å². The maximum atomic E-state index is 12.8. The van der Waals surface area contributed by atoms with Gasteiger partial charge in [-0.25, -0.2) is 0 Å². The van der Waals surface area contributed by atoms with E-state index in [1.54, 1.807) is 17.8 Å². The van der Waals surface area contributed by atoms with Gasteiger partial charge in [-0.1, -0.05) is 35.5 Å². The first kappa shape index (κ1) is 21.8. The van der Waals surface area contributed by atoms with E-state index in [1.165, 1.54) is 12.1 Å². The number of amides is 1. The van der Waals surface area contributed by atoms with E-state index in [2.05, 4.69) is 10.5 Å². The molecule has 0 aliphatic rings. The highest BCUT2D eigenvalue weighted by molar-refractivity contribution is 7.98. The number of alkyl halides is 3. The largest absolute Gasteiger partial charge is 0.484 e. The van der Waals surface area contributed by atoms with Crippen LogP contribution in [-0.2, 0) is 19.2 Å². The van der Waals surface area contributed by atoms with Crippen molar-refractivity contribution in [2.75, 3.05) is 12.8 Å². The second-order valence-electron chi connectivity index (χ2n) is 6.32. The van der Waals surface area contributed by atoms with Crippen LogP contribution in [0.3, 0.4) is 0 Å². The maximum Gasteiger partial charge on any atom is 0.416 e. The second-order valence-corrected chi connectivity index (χ2v) is 7.17. The molecular formula is C21H19F3N2O3S. The van der Waals surface area contributed by atoms with Crippen molar-refractivity contribution in [3.63, 3.8) is 0 Å². The quantitative estimate of drug-likeness (QED) is 0.506. The molecule has 0 saturated carbocycles. The molecule has 0 bridgehead atoms. The molecule has 0 atom stereocenters. The van der Waals surface area contributed by atoms with Crippen molar-refractivity contribution in [1.29, 1.82) is 0 Å². The Labute approximate surface area is 175 Å². The standard InChI is InChI=1S/C21H19F3N2O3S/c1-30-19-8-3-2-7-18(19)28-13-16-12-17(26-29-16)20(27)25-10-9-14-5-4-6-15(11-14)21(22,23)24/h2-8,11-12H,9-10,13H2,1H3,(H,25,27). The van der Waals surface area contributed by atoms with Crippen LogP contribution in [-0.4, -0.2) is 23.9 Å². The lowest BCUT2D eigenvalue weighted by atomic mass is 10.1. The summed E-state index contributed by atoms with van der Waals surface area (Å²) in [4.78, 5) is 13.2. The fourth-order valence-corrected chi connectivity index (χ4v) is 3.23. The number of aromatic nitrogens is 1. The Morgan fingerprint density at radius 3 is 2.73 bits per heavy atom. The molecule has 158 valence electrons. The predicted molar refractivity (Wildman–Crippen MR) is 107 cm³/mol. The van der Waals surface area contributed by atoms with Gasteiger partial charge < -0.3 is 14.6 Å². The van der Waals surface area contributed by atoms with Crippen molar-refractivity contribution in [1.82, 2.24) is 10.5 Å². The molecule has 3 aromatic rings. The fraction of sp³-hybridized carbons (Fsp3) is 0.238.